The first-order chi connectivity index (χ1) is 9.79. The molecule has 0 radical (unpaired) electrons. The van der Waals surface area contributed by atoms with Crippen LogP contribution in [0.4, 0.5) is 0 Å². The van der Waals surface area contributed by atoms with Crippen molar-refractivity contribution >= 4 is 11.6 Å². The first kappa shape index (κ1) is 12.0. The SMILES string of the molecule is C=C=C1c2ccccc2C(=O)N1C1CCC2CC2CC1. The zero-order valence-electron chi connectivity index (χ0n) is 11.6. The van der Waals surface area contributed by atoms with E-state index in [4.69, 9.17) is 0 Å². The molecule has 2 atom stereocenters. The van der Waals surface area contributed by atoms with Crippen molar-refractivity contribution in [2.45, 2.75) is 38.1 Å². The van der Waals surface area contributed by atoms with Gasteiger partial charge < -0.3 is 0 Å². The van der Waals surface area contributed by atoms with Crippen LogP contribution >= 0.6 is 0 Å². The van der Waals surface area contributed by atoms with Crippen molar-refractivity contribution < 1.29 is 4.79 Å². The molecule has 1 aromatic rings. The van der Waals surface area contributed by atoms with Crippen LogP contribution in [0.1, 0.15) is 48.0 Å². The lowest BCUT2D eigenvalue weighted by Gasteiger charge is -2.27. The van der Waals surface area contributed by atoms with Gasteiger partial charge in [-0.15, -0.1) is 5.73 Å². The van der Waals surface area contributed by atoms with E-state index in [9.17, 15) is 4.79 Å². The van der Waals surface area contributed by atoms with E-state index >= 15 is 0 Å². The Bertz CT molecular complexity index is 614. The van der Waals surface area contributed by atoms with Crippen molar-refractivity contribution in [3.05, 3.63) is 47.7 Å². The summed E-state index contributed by atoms with van der Waals surface area (Å²) < 4.78 is 0. The third kappa shape index (κ3) is 1.68. The van der Waals surface area contributed by atoms with Gasteiger partial charge in [0.15, 0.2) is 0 Å². The van der Waals surface area contributed by atoms with Gasteiger partial charge in [-0.1, -0.05) is 24.8 Å². The van der Waals surface area contributed by atoms with Gasteiger partial charge in [0.25, 0.3) is 5.91 Å². The molecule has 0 aromatic heterocycles. The zero-order chi connectivity index (χ0) is 13.7. The Hall–Kier alpha value is -1.79. The van der Waals surface area contributed by atoms with E-state index in [1.807, 2.05) is 29.2 Å². The number of carbonyl (C=O) groups excluding carboxylic acids is 1. The highest BCUT2D eigenvalue weighted by Gasteiger charge is 2.43. The van der Waals surface area contributed by atoms with Crippen LogP contribution in [0, 0.1) is 11.8 Å². The predicted molar refractivity (Wildman–Crippen MR) is 79.0 cm³/mol. The average Bonchev–Trinajstić information content (AvgIpc) is 3.19. The molecule has 1 amide bonds. The van der Waals surface area contributed by atoms with Gasteiger partial charge in [-0.05, 0) is 50.0 Å². The van der Waals surface area contributed by atoms with Crippen molar-refractivity contribution in [3.8, 4) is 0 Å². The third-order valence-electron chi connectivity index (χ3n) is 5.22. The summed E-state index contributed by atoms with van der Waals surface area (Å²) in [5, 5.41) is 0. The molecule has 0 bridgehead atoms. The number of hydrogen-bond acceptors (Lipinski definition) is 1. The quantitative estimate of drug-likeness (QED) is 0.706. The number of carbonyl (C=O) groups is 1. The molecule has 0 spiro atoms. The summed E-state index contributed by atoms with van der Waals surface area (Å²) in [7, 11) is 0. The van der Waals surface area contributed by atoms with Gasteiger partial charge in [0.1, 0.15) is 0 Å². The van der Waals surface area contributed by atoms with E-state index in [0.717, 1.165) is 41.5 Å². The van der Waals surface area contributed by atoms with Crippen LogP contribution in [0.3, 0.4) is 0 Å². The van der Waals surface area contributed by atoms with Gasteiger partial charge >= 0.3 is 0 Å². The average molecular weight is 265 g/mol. The number of hydrogen-bond donors (Lipinski definition) is 0. The van der Waals surface area contributed by atoms with Gasteiger partial charge in [-0.25, -0.2) is 0 Å². The second-order valence-corrected chi connectivity index (χ2v) is 6.31. The highest BCUT2D eigenvalue weighted by molar-refractivity contribution is 6.09. The standard InChI is InChI=1S/C18H19NO/c1-2-17-15-5-3-4-6-16(15)18(20)19(17)14-9-7-12-11-13(12)8-10-14/h3-6,12-14H,1,7-11H2. The van der Waals surface area contributed by atoms with E-state index in [0.29, 0.717) is 6.04 Å². The minimum Gasteiger partial charge on any atom is -0.298 e. The third-order valence-corrected chi connectivity index (χ3v) is 5.22. The summed E-state index contributed by atoms with van der Waals surface area (Å²) in [5.74, 6) is 2.03. The van der Waals surface area contributed by atoms with Gasteiger partial charge in [-0.2, -0.15) is 0 Å². The molecule has 20 heavy (non-hydrogen) atoms. The van der Waals surface area contributed by atoms with E-state index in [1.165, 1.54) is 19.3 Å². The second-order valence-electron chi connectivity index (χ2n) is 6.31. The van der Waals surface area contributed by atoms with Gasteiger partial charge in [0, 0.05) is 17.2 Å². The maximum Gasteiger partial charge on any atom is 0.259 e. The maximum atomic E-state index is 12.7. The fourth-order valence-electron chi connectivity index (χ4n) is 4.00. The van der Waals surface area contributed by atoms with Crippen molar-refractivity contribution in [1.82, 2.24) is 4.90 Å². The fourth-order valence-corrected chi connectivity index (χ4v) is 4.00. The molecule has 2 nitrogen and oxygen atoms in total. The highest BCUT2D eigenvalue weighted by Crippen LogP contribution is 2.49. The molecule has 2 saturated carbocycles. The Morgan fingerprint density at radius 2 is 1.70 bits per heavy atom. The normalized spacial score (nSPS) is 31.4. The Morgan fingerprint density at radius 1 is 1.05 bits per heavy atom. The van der Waals surface area contributed by atoms with E-state index < -0.39 is 0 Å². The van der Waals surface area contributed by atoms with Crippen LogP contribution in [0.25, 0.3) is 5.70 Å². The highest BCUT2D eigenvalue weighted by atomic mass is 16.2. The van der Waals surface area contributed by atoms with Crippen LogP contribution < -0.4 is 0 Å². The fraction of sp³-hybridized carbons (Fsp3) is 0.444. The number of fused-ring (bicyclic) bond motifs is 2. The number of rotatable bonds is 1. The predicted octanol–water partition coefficient (Wildman–Crippen LogP) is 3.85. The molecule has 0 saturated heterocycles. The number of nitrogens with zero attached hydrogens (tertiary/aromatic N) is 1. The Morgan fingerprint density at radius 3 is 2.35 bits per heavy atom. The molecular formula is C18H19NO. The van der Waals surface area contributed by atoms with Crippen molar-refractivity contribution in [3.63, 3.8) is 0 Å². The minimum atomic E-state index is 0.146. The van der Waals surface area contributed by atoms with Crippen LogP contribution in [0.5, 0.6) is 0 Å². The molecule has 2 heteroatoms. The van der Waals surface area contributed by atoms with Gasteiger partial charge in [0.05, 0.1) is 5.70 Å². The summed E-state index contributed by atoms with van der Waals surface area (Å²) in [4.78, 5) is 14.7. The summed E-state index contributed by atoms with van der Waals surface area (Å²) in [6, 6.07) is 8.18. The summed E-state index contributed by atoms with van der Waals surface area (Å²) >= 11 is 0. The van der Waals surface area contributed by atoms with Crippen LogP contribution in [-0.4, -0.2) is 16.8 Å². The number of amides is 1. The number of benzene rings is 1. The lowest BCUT2D eigenvalue weighted by molar-refractivity contribution is 0.0791. The molecule has 2 unspecified atom stereocenters. The smallest absolute Gasteiger partial charge is 0.259 e. The molecule has 1 aromatic carbocycles. The summed E-state index contributed by atoms with van der Waals surface area (Å²) in [6.45, 7) is 3.81. The van der Waals surface area contributed by atoms with Crippen LogP contribution in [0.2, 0.25) is 0 Å². The first-order valence-corrected chi connectivity index (χ1v) is 7.62. The van der Waals surface area contributed by atoms with Crippen molar-refractivity contribution in [2.24, 2.45) is 11.8 Å². The largest absolute Gasteiger partial charge is 0.298 e. The lowest BCUT2D eigenvalue weighted by atomic mass is 10.0. The molecule has 2 fully saturated rings. The van der Waals surface area contributed by atoms with Gasteiger partial charge in [0.2, 0.25) is 0 Å². The molecule has 3 aliphatic rings. The van der Waals surface area contributed by atoms with Gasteiger partial charge in [-0.3, -0.25) is 9.69 Å². The monoisotopic (exact) mass is 265 g/mol. The second kappa shape index (κ2) is 4.36. The Kier molecular flexibility index (Phi) is 2.61. The molecule has 1 aliphatic heterocycles. The topological polar surface area (TPSA) is 20.3 Å². The van der Waals surface area contributed by atoms with Crippen molar-refractivity contribution in [1.29, 1.82) is 0 Å². The first-order valence-electron chi connectivity index (χ1n) is 7.62. The molecular weight excluding hydrogens is 246 g/mol. The molecule has 2 aliphatic carbocycles. The molecule has 4 rings (SSSR count). The van der Waals surface area contributed by atoms with Crippen LogP contribution in [-0.2, 0) is 0 Å². The van der Waals surface area contributed by atoms with E-state index in [1.54, 1.807) is 0 Å². The zero-order valence-corrected chi connectivity index (χ0v) is 11.6. The molecule has 102 valence electrons. The maximum absolute atomic E-state index is 12.7. The molecule has 1 heterocycles. The summed E-state index contributed by atoms with van der Waals surface area (Å²) in [6.07, 6.45) is 6.24. The minimum absolute atomic E-state index is 0.146. The van der Waals surface area contributed by atoms with E-state index in [-0.39, 0.29) is 5.91 Å². The van der Waals surface area contributed by atoms with Crippen LogP contribution in [0.15, 0.2) is 36.6 Å². The Labute approximate surface area is 119 Å². The summed E-state index contributed by atoms with van der Waals surface area (Å²) in [5.41, 5.74) is 5.72. The van der Waals surface area contributed by atoms with E-state index in [2.05, 4.69) is 12.3 Å². The molecule has 0 N–H and O–H groups in total. The Balaban J connectivity index is 1.68. The van der Waals surface area contributed by atoms with Crippen molar-refractivity contribution in [2.75, 3.05) is 0 Å². The lowest BCUT2D eigenvalue weighted by Crippen LogP contribution is -2.34.